The fourth-order valence-electron chi connectivity index (χ4n) is 4.17. The molecular weight excluding hydrogens is 427 g/mol. The van der Waals surface area contributed by atoms with E-state index in [1.54, 1.807) is 0 Å². The molecule has 0 saturated heterocycles. The quantitative estimate of drug-likeness (QED) is 0.467. The maximum absolute atomic E-state index is 14.4. The van der Waals surface area contributed by atoms with Crippen molar-refractivity contribution in [3.63, 3.8) is 0 Å². The minimum absolute atomic E-state index is 0.0576. The van der Waals surface area contributed by atoms with Crippen molar-refractivity contribution in [1.29, 1.82) is 0 Å². The molecule has 0 amide bonds. The number of carbonyl (C=O) groups excluding carboxylic acids is 2. The molecule has 6 nitrogen and oxygen atoms in total. The lowest BCUT2D eigenvalue weighted by molar-refractivity contribution is -0.167. The largest absolute Gasteiger partial charge is 0.496 e. The Morgan fingerprint density at radius 3 is 2.48 bits per heavy atom. The first-order valence-electron chi connectivity index (χ1n) is 10.6. The first-order valence-corrected chi connectivity index (χ1v) is 10.6. The average molecular weight is 452 g/mol. The Bertz CT molecular complexity index is 1190. The molecule has 3 aromatic carbocycles. The smallest absolute Gasteiger partial charge is 0.341 e. The van der Waals surface area contributed by atoms with Crippen LogP contribution in [0.3, 0.4) is 0 Å². The summed E-state index contributed by atoms with van der Waals surface area (Å²) in [6.45, 7) is 1.99. The highest BCUT2D eigenvalue weighted by atomic mass is 19.1. The third-order valence-corrected chi connectivity index (χ3v) is 6.04. The predicted octanol–water partition coefficient (Wildman–Crippen LogP) is 5.07. The Morgan fingerprint density at radius 2 is 1.76 bits per heavy atom. The number of hydrogen-bond acceptors (Lipinski definition) is 6. The molecule has 3 aromatic rings. The van der Waals surface area contributed by atoms with Gasteiger partial charge in [-0.15, -0.1) is 0 Å². The molecule has 0 N–H and O–H groups in total. The van der Waals surface area contributed by atoms with Crippen molar-refractivity contribution in [1.82, 2.24) is 0 Å². The van der Waals surface area contributed by atoms with Crippen LogP contribution in [0.15, 0.2) is 54.6 Å². The normalized spacial score (nSPS) is 19.5. The van der Waals surface area contributed by atoms with Crippen molar-refractivity contribution in [2.45, 2.75) is 32.5 Å². The lowest BCUT2D eigenvalue weighted by Gasteiger charge is -2.42. The molecule has 0 aliphatic heterocycles. The summed E-state index contributed by atoms with van der Waals surface area (Å²) >= 11 is 0. The highest BCUT2D eigenvalue weighted by Crippen LogP contribution is 2.44. The second kappa shape index (κ2) is 9.10. The van der Waals surface area contributed by atoms with Gasteiger partial charge in [0.25, 0.3) is 0 Å². The van der Waals surface area contributed by atoms with Crippen LogP contribution >= 0.6 is 0 Å². The van der Waals surface area contributed by atoms with E-state index in [1.165, 1.54) is 20.3 Å². The minimum Gasteiger partial charge on any atom is -0.496 e. The summed E-state index contributed by atoms with van der Waals surface area (Å²) in [6.07, 6.45) is 0.370. The van der Waals surface area contributed by atoms with E-state index in [0.717, 1.165) is 22.4 Å². The third kappa shape index (κ3) is 4.49. The van der Waals surface area contributed by atoms with E-state index in [1.807, 2.05) is 49.4 Å². The van der Waals surface area contributed by atoms with Gasteiger partial charge in [0, 0.05) is 25.0 Å². The highest BCUT2D eigenvalue weighted by molar-refractivity contribution is 5.93. The van der Waals surface area contributed by atoms with Gasteiger partial charge >= 0.3 is 11.9 Å². The topological polar surface area (TPSA) is 71.1 Å². The second-order valence-corrected chi connectivity index (χ2v) is 8.40. The first-order chi connectivity index (χ1) is 15.8. The summed E-state index contributed by atoms with van der Waals surface area (Å²) in [5.41, 5.74) is 0.282. The second-order valence-electron chi connectivity index (χ2n) is 8.40. The van der Waals surface area contributed by atoms with Crippen molar-refractivity contribution in [3.05, 3.63) is 71.5 Å². The molecule has 1 aliphatic rings. The van der Waals surface area contributed by atoms with E-state index in [9.17, 15) is 14.0 Å². The lowest BCUT2D eigenvalue weighted by atomic mass is 9.68. The molecule has 0 bridgehead atoms. The van der Waals surface area contributed by atoms with Gasteiger partial charge in [-0.25, -0.2) is 9.18 Å². The van der Waals surface area contributed by atoms with E-state index in [4.69, 9.17) is 18.9 Å². The van der Waals surface area contributed by atoms with Gasteiger partial charge in [-0.3, -0.25) is 4.79 Å². The molecule has 33 heavy (non-hydrogen) atoms. The number of hydrogen-bond donors (Lipinski definition) is 0. The third-order valence-electron chi connectivity index (χ3n) is 6.04. The molecule has 0 spiro atoms. The fourth-order valence-corrected chi connectivity index (χ4v) is 4.17. The zero-order chi connectivity index (χ0) is 23.6. The molecule has 1 aliphatic carbocycles. The summed E-state index contributed by atoms with van der Waals surface area (Å²) in [5, 5.41) is 2.13. The Morgan fingerprint density at radius 1 is 1.03 bits per heavy atom. The summed E-state index contributed by atoms with van der Waals surface area (Å²) < 4.78 is 35.6. The van der Waals surface area contributed by atoms with Crippen LogP contribution in [0.2, 0.25) is 0 Å². The Kier molecular flexibility index (Phi) is 6.22. The van der Waals surface area contributed by atoms with E-state index in [0.29, 0.717) is 12.8 Å². The summed E-state index contributed by atoms with van der Waals surface area (Å²) in [4.78, 5) is 24.7. The summed E-state index contributed by atoms with van der Waals surface area (Å²) in [7, 11) is 2.57. The fraction of sp³-hybridized carbons (Fsp3) is 0.308. The molecule has 0 radical (unpaired) electrons. The van der Waals surface area contributed by atoms with Gasteiger partial charge in [0.1, 0.15) is 24.0 Å². The zero-order valence-electron chi connectivity index (χ0n) is 18.7. The number of benzene rings is 3. The average Bonchev–Trinajstić information content (AvgIpc) is 2.81. The van der Waals surface area contributed by atoms with Gasteiger partial charge in [-0.2, -0.15) is 0 Å². The molecule has 7 heteroatoms. The summed E-state index contributed by atoms with van der Waals surface area (Å²) in [5.74, 6) is -1.67. The summed E-state index contributed by atoms with van der Waals surface area (Å²) in [6, 6.07) is 16.2. The van der Waals surface area contributed by atoms with Gasteiger partial charge in [0.2, 0.25) is 0 Å². The van der Waals surface area contributed by atoms with Crippen LogP contribution in [-0.4, -0.2) is 32.3 Å². The van der Waals surface area contributed by atoms with Crippen LogP contribution in [0.25, 0.3) is 10.8 Å². The molecule has 1 saturated carbocycles. The Hall–Kier alpha value is -3.61. The number of fused-ring (bicyclic) bond motifs is 1. The molecule has 0 aromatic heterocycles. The van der Waals surface area contributed by atoms with Crippen LogP contribution in [0.1, 0.15) is 35.7 Å². The van der Waals surface area contributed by atoms with E-state index in [2.05, 4.69) is 0 Å². The number of halogens is 1. The molecule has 0 atom stereocenters. The van der Waals surface area contributed by atoms with E-state index in [-0.39, 0.29) is 35.7 Å². The monoisotopic (exact) mass is 452 g/mol. The van der Waals surface area contributed by atoms with Crippen LogP contribution in [-0.2, 0) is 20.9 Å². The lowest BCUT2D eigenvalue weighted by Crippen LogP contribution is -2.48. The van der Waals surface area contributed by atoms with Gasteiger partial charge in [0.05, 0.1) is 19.6 Å². The first kappa shape index (κ1) is 22.6. The maximum atomic E-state index is 14.4. The maximum Gasteiger partial charge on any atom is 0.341 e. The number of ether oxygens (including phenoxy) is 4. The van der Waals surface area contributed by atoms with Gasteiger partial charge < -0.3 is 18.9 Å². The van der Waals surface area contributed by atoms with Crippen LogP contribution < -0.4 is 9.47 Å². The molecule has 1 fully saturated rings. The minimum atomic E-state index is -0.719. The molecule has 0 heterocycles. The van der Waals surface area contributed by atoms with Crippen molar-refractivity contribution < 1.29 is 32.9 Å². The van der Waals surface area contributed by atoms with Gasteiger partial charge in [-0.05, 0) is 23.3 Å². The van der Waals surface area contributed by atoms with E-state index >= 15 is 0 Å². The number of methoxy groups -OCH3 is 2. The Labute approximate surface area is 191 Å². The van der Waals surface area contributed by atoms with E-state index < -0.39 is 17.2 Å². The van der Waals surface area contributed by atoms with Crippen LogP contribution in [0.5, 0.6) is 11.5 Å². The molecular formula is C26H25FO6. The van der Waals surface area contributed by atoms with Crippen LogP contribution in [0.4, 0.5) is 4.39 Å². The number of esters is 2. The highest BCUT2D eigenvalue weighted by Gasteiger charge is 2.49. The van der Waals surface area contributed by atoms with Crippen LogP contribution in [0, 0.1) is 11.2 Å². The SMILES string of the molecule is COC(=O)c1cc(O[C@H]2C[C@](C)(C(=O)OCc3cccc4ccccc34)C2)c(F)cc1OC. The number of carbonyl (C=O) groups is 2. The standard InChI is InChI=1S/C26H25FO6/c1-26(25(29)32-15-17-9-6-8-16-7-4-5-10-19(16)17)13-18(14-26)33-23-11-20(24(28)31-3)22(30-2)12-21(23)27/h4-12,18H,13-15H2,1-3H3/t18-,26-. The van der Waals surface area contributed by atoms with Crippen molar-refractivity contribution >= 4 is 22.7 Å². The predicted molar refractivity (Wildman–Crippen MR) is 120 cm³/mol. The Balaban J connectivity index is 1.39. The zero-order valence-corrected chi connectivity index (χ0v) is 18.7. The molecule has 0 unspecified atom stereocenters. The van der Waals surface area contributed by atoms with Gasteiger partial charge in [0.15, 0.2) is 11.6 Å². The van der Waals surface area contributed by atoms with Crippen molar-refractivity contribution in [2.24, 2.45) is 5.41 Å². The van der Waals surface area contributed by atoms with Crippen molar-refractivity contribution in [2.75, 3.05) is 14.2 Å². The van der Waals surface area contributed by atoms with Gasteiger partial charge in [-0.1, -0.05) is 42.5 Å². The molecule has 4 rings (SSSR count). The number of rotatable bonds is 7. The molecule has 172 valence electrons. The van der Waals surface area contributed by atoms with Crippen molar-refractivity contribution in [3.8, 4) is 11.5 Å².